The predicted octanol–water partition coefficient (Wildman–Crippen LogP) is 5.75. The van der Waals surface area contributed by atoms with Crippen LogP contribution in [0.1, 0.15) is 34.8 Å². The third kappa shape index (κ3) is 3.80. The summed E-state index contributed by atoms with van der Waals surface area (Å²) in [6.45, 7) is 2.90. The normalized spacial score (nSPS) is 11.1. The highest BCUT2D eigenvalue weighted by Crippen LogP contribution is 2.33. The van der Waals surface area contributed by atoms with Gasteiger partial charge in [0.2, 0.25) is 0 Å². The lowest BCUT2D eigenvalue weighted by atomic mass is 10.0. The maximum atomic E-state index is 13.3. The van der Waals surface area contributed by atoms with E-state index in [2.05, 4.69) is 23.8 Å². The number of nitro benzene ring substituents is 1. The molecule has 0 unspecified atom stereocenters. The molecule has 0 N–H and O–H groups in total. The molecule has 7 heteroatoms. The number of aromatic nitrogens is 1. The van der Waals surface area contributed by atoms with Gasteiger partial charge >= 0.3 is 0 Å². The number of nitrogens with zero attached hydrogens (tertiary/aromatic N) is 2. The summed E-state index contributed by atoms with van der Waals surface area (Å²) in [5.74, 6) is 0.740. The maximum absolute atomic E-state index is 13.3. The summed E-state index contributed by atoms with van der Waals surface area (Å²) >= 11 is 7.99. The minimum absolute atomic E-state index is 0.118. The maximum Gasteiger partial charge on any atom is 0.288 e. The zero-order chi connectivity index (χ0) is 20.3. The number of para-hydroxylation sites is 1. The van der Waals surface area contributed by atoms with E-state index in [9.17, 15) is 14.9 Å². The summed E-state index contributed by atoms with van der Waals surface area (Å²) in [5.41, 5.74) is 2.64. The number of thioether (sulfide) groups is 1. The molecule has 0 aliphatic carbocycles. The lowest BCUT2D eigenvalue weighted by molar-refractivity contribution is -0.384. The van der Waals surface area contributed by atoms with Crippen molar-refractivity contribution in [2.24, 2.45) is 0 Å². The number of hydrogen-bond donors (Lipinski definition) is 0. The molecule has 0 bridgehead atoms. The molecule has 146 valence electrons. The minimum Gasteiger partial charge on any atom is -0.346 e. The van der Waals surface area contributed by atoms with Crippen LogP contribution in [0.25, 0.3) is 10.9 Å². The number of halogens is 1. The molecule has 3 rings (SSSR count). The molecule has 1 aromatic heterocycles. The molecular weight excluding hydrogens is 396 g/mol. The Morgan fingerprint density at radius 2 is 1.96 bits per heavy atom. The second-order valence-electron chi connectivity index (χ2n) is 6.47. The molecule has 0 saturated heterocycles. The Bertz CT molecular complexity index is 1050. The van der Waals surface area contributed by atoms with Crippen molar-refractivity contribution in [3.8, 4) is 0 Å². The lowest BCUT2D eigenvalue weighted by Gasteiger charge is -2.08. The van der Waals surface area contributed by atoms with Crippen molar-refractivity contribution in [1.82, 2.24) is 4.57 Å². The predicted molar refractivity (Wildman–Crippen MR) is 116 cm³/mol. The Morgan fingerprint density at radius 3 is 2.64 bits per heavy atom. The molecule has 5 nitrogen and oxygen atoms in total. The van der Waals surface area contributed by atoms with Crippen LogP contribution in [0.15, 0.2) is 42.6 Å². The summed E-state index contributed by atoms with van der Waals surface area (Å²) in [6.07, 6.45) is 5.79. The number of carbonyl (C=O) groups is 1. The standard InChI is InChI=1S/C21H21ClN2O3S/c1-3-14-7-4-8-15-17(13-23(20(14)15)11-6-12-28-2)21(25)16-9-5-10-18(19(16)22)24(26)27/h4-5,7-10,13H,3,6,11-12H2,1-2H3. The van der Waals surface area contributed by atoms with Gasteiger partial charge in [0.1, 0.15) is 5.02 Å². The lowest BCUT2D eigenvalue weighted by Crippen LogP contribution is -2.04. The molecule has 0 aliphatic heterocycles. The van der Waals surface area contributed by atoms with Gasteiger partial charge in [-0.25, -0.2) is 0 Å². The van der Waals surface area contributed by atoms with E-state index in [1.807, 2.05) is 18.3 Å². The molecule has 0 fully saturated rings. The molecule has 2 aromatic carbocycles. The molecule has 28 heavy (non-hydrogen) atoms. The van der Waals surface area contributed by atoms with Gasteiger partial charge in [0.25, 0.3) is 5.69 Å². The van der Waals surface area contributed by atoms with Gasteiger partial charge in [-0.1, -0.05) is 42.8 Å². The third-order valence-corrected chi connectivity index (χ3v) is 5.87. The molecular formula is C21H21ClN2O3S. The summed E-state index contributed by atoms with van der Waals surface area (Å²) < 4.78 is 2.13. The van der Waals surface area contributed by atoms with Crippen LogP contribution in [0, 0.1) is 10.1 Å². The van der Waals surface area contributed by atoms with Crippen LogP contribution in [0.2, 0.25) is 5.02 Å². The van der Waals surface area contributed by atoms with Crippen molar-refractivity contribution in [3.63, 3.8) is 0 Å². The Hall–Kier alpha value is -2.31. The zero-order valence-corrected chi connectivity index (χ0v) is 17.3. The number of carbonyl (C=O) groups excluding carboxylic acids is 1. The van der Waals surface area contributed by atoms with Gasteiger partial charge in [0.05, 0.1) is 10.4 Å². The Morgan fingerprint density at radius 1 is 1.21 bits per heavy atom. The molecule has 0 amide bonds. The fourth-order valence-corrected chi connectivity index (χ4v) is 4.14. The van der Waals surface area contributed by atoms with E-state index >= 15 is 0 Å². The number of hydrogen-bond acceptors (Lipinski definition) is 4. The van der Waals surface area contributed by atoms with Crippen LogP contribution in [0.3, 0.4) is 0 Å². The van der Waals surface area contributed by atoms with Crippen molar-refractivity contribution in [2.75, 3.05) is 12.0 Å². The fraction of sp³-hybridized carbons (Fsp3) is 0.286. The Balaban J connectivity index is 2.14. The first-order chi connectivity index (χ1) is 13.5. The van der Waals surface area contributed by atoms with Crippen LogP contribution in [0.4, 0.5) is 5.69 Å². The van der Waals surface area contributed by atoms with Crippen LogP contribution >= 0.6 is 23.4 Å². The molecule has 0 spiro atoms. The second kappa shape index (κ2) is 8.80. The van der Waals surface area contributed by atoms with Crippen LogP contribution < -0.4 is 0 Å². The summed E-state index contributed by atoms with van der Waals surface area (Å²) in [7, 11) is 0. The van der Waals surface area contributed by atoms with Crippen LogP contribution in [-0.4, -0.2) is 27.3 Å². The average Bonchev–Trinajstić information content (AvgIpc) is 3.06. The summed E-state index contributed by atoms with van der Waals surface area (Å²) in [6, 6.07) is 10.3. The van der Waals surface area contributed by atoms with E-state index in [1.54, 1.807) is 11.8 Å². The first-order valence-corrected chi connectivity index (χ1v) is 10.8. The molecule has 3 aromatic rings. The highest BCUT2D eigenvalue weighted by molar-refractivity contribution is 7.98. The largest absolute Gasteiger partial charge is 0.346 e. The van der Waals surface area contributed by atoms with Gasteiger partial charge in [-0.05, 0) is 36.5 Å². The highest BCUT2D eigenvalue weighted by Gasteiger charge is 2.24. The Kier molecular flexibility index (Phi) is 6.42. The zero-order valence-electron chi connectivity index (χ0n) is 15.8. The van der Waals surface area contributed by atoms with Crippen molar-refractivity contribution in [1.29, 1.82) is 0 Å². The topological polar surface area (TPSA) is 65.1 Å². The SMILES string of the molecule is CCc1cccc2c(C(=O)c3cccc([N+](=O)[O-])c3Cl)cn(CCCSC)c12. The van der Waals surface area contributed by atoms with E-state index in [0.717, 1.165) is 36.0 Å². The molecule has 0 atom stereocenters. The van der Waals surface area contributed by atoms with E-state index < -0.39 is 4.92 Å². The monoisotopic (exact) mass is 416 g/mol. The van der Waals surface area contributed by atoms with Gasteiger partial charge in [0, 0.05) is 35.3 Å². The minimum atomic E-state index is -0.569. The number of rotatable bonds is 8. The average molecular weight is 417 g/mol. The molecule has 0 aliphatic rings. The van der Waals surface area contributed by atoms with Gasteiger partial charge in [0.15, 0.2) is 5.78 Å². The number of fused-ring (bicyclic) bond motifs is 1. The van der Waals surface area contributed by atoms with Crippen molar-refractivity contribution >= 4 is 45.7 Å². The van der Waals surface area contributed by atoms with Crippen molar-refractivity contribution in [3.05, 3.63) is 74.4 Å². The molecule has 0 radical (unpaired) electrons. The van der Waals surface area contributed by atoms with E-state index in [0.29, 0.717) is 5.56 Å². The number of ketones is 1. The molecule has 0 saturated carbocycles. The van der Waals surface area contributed by atoms with Crippen LogP contribution in [-0.2, 0) is 13.0 Å². The second-order valence-corrected chi connectivity index (χ2v) is 7.84. The number of nitro groups is 1. The first-order valence-electron chi connectivity index (χ1n) is 9.06. The van der Waals surface area contributed by atoms with Crippen molar-refractivity contribution < 1.29 is 9.72 Å². The van der Waals surface area contributed by atoms with E-state index in [4.69, 9.17) is 11.6 Å². The van der Waals surface area contributed by atoms with Crippen LogP contribution in [0.5, 0.6) is 0 Å². The highest BCUT2D eigenvalue weighted by atomic mass is 35.5. The van der Waals surface area contributed by atoms with Gasteiger partial charge < -0.3 is 4.57 Å². The summed E-state index contributed by atoms with van der Waals surface area (Å²) in [5, 5.41) is 11.9. The Labute approximate surface area is 172 Å². The third-order valence-electron chi connectivity index (χ3n) is 4.77. The van der Waals surface area contributed by atoms with Crippen molar-refractivity contribution in [2.45, 2.75) is 26.3 Å². The van der Waals surface area contributed by atoms with E-state index in [1.165, 1.54) is 23.8 Å². The number of aryl methyl sites for hydroxylation is 2. The van der Waals surface area contributed by atoms with Gasteiger partial charge in [-0.2, -0.15) is 11.8 Å². The molecule has 1 heterocycles. The number of benzene rings is 2. The fourth-order valence-electron chi connectivity index (χ4n) is 3.44. The smallest absolute Gasteiger partial charge is 0.288 e. The van der Waals surface area contributed by atoms with Gasteiger partial charge in [-0.15, -0.1) is 0 Å². The first kappa shape index (κ1) is 20.4. The van der Waals surface area contributed by atoms with E-state index in [-0.39, 0.29) is 22.1 Å². The van der Waals surface area contributed by atoms with Gasteiger partial charge in [-0.3, -0.25) is 14.9 Å². The summed E-state index contributed by atoms with van der Waals surface area (Å²) in [4.78, 5) is 23.9. The quantitative estimate of drug-likeness (QED) is 0.203.